The van der Waals surface area contributed by atoms with Gasteiger partial charge in [-0.15, -0.1) is 12.4 Å². The van der Waals surface area contributed by atoms with Crippen LogP contribution in [-0.2, 0) is 4.74 Å². The van der Waals surface area contributed by atoms with Crippen LogP contribution >= 0.6 is 12.4 Å². The first-order valence-corrected chi connectivity index (χ1v) is 4.58. The van der Waals surface area contributed by atoms with Crippen LogP contribution in [-0.4, -0.2) is 36.2 Å². The largest absolute Gasteiger partial charge is 0.463 e. The summed E-state index contributed by atoms with van der Waals surface area (Å²) >= 11 is 0. The summed E-state index contributed by atoms with van der Waals surface area (Å²) in [5, 5.41) is 0. The molecular formula is C9H19ClN2O. The van der Waals surface area contributed by atoms with Gasteiger partial charge in [0.25, 0.3) is 6.02 Å². The fourth-order valence-electron chi connectivity index (χ4n) is 1.23. The molecule has 0 radical (unpaired) electrons. The molecule has 1 rings (SSSR count). The second-order valence-electron chi connectivity index (χ2n) is 3.64. The zero-order valence-electron chi connectivity index (χ0n) is 8.78. The van der Waals surface area contributed by atoms with Gasteiger partial charge in [-0.25, -0.2) is 4.99 Å². The standard InChI is InChI=1S/C9H18N2O.ClH/c1-7(2)10-9-11(8(3)4)5-6-12-9;/h7-8H,5-6H2,1-4H3;1H. The number of rotatable bonds is 2. The first-order chi connectivity index (χ1) is 5.61. The van der Waals surface area contributed by atoms with Crippen LogP contribution in [0.1, 0.15) is 27.7 Å². The van der Waals surface area contributed by atoms with Gasteiger partial charge in [-0.1, -0.05) is 0 Å². The summed E-state index contributed by atoms with van der Waals surface area (Å²) in [5.41, 5.74) is 0. The Morgan fingerprint density at radius 2 is 1.92 bits per heavy atom. The Kier molecular flexibility index (Phi) is 5.14. The molecule has 0 aromatic heterocycles. The average molecular weight is 207 g/mol. The number of hydrogen-bond acceptors (Lipinski definition) is 2. The van der Waals surface area contributed by atoms with Crippen LogP contribution in [0.2, 0.25) is 0 Å². The first kappa shape index (κ1) is 12.6. The predicted octanol–water partition coefficient (Wildman–Crippen LogP) is 1.91. The monoisotopic (exact) mass is 206 g/mol. The van der Waals surface area contributed by atoms with E-state index in [2.05, 4.69) is 37.6 Å². The molecule has 1 aliphatic heterocycles. The Hall–Kier alpha value is -0.440. The van der Waals surface area contributed by atoms with Gasteiger partial charge in [0.2, 0.25) is 0 Å². The minimum absolute atomic E-state index is 0. The molecule has 0 aliphatic carbocycles. The Morgan fingerprint density at radius 3 is 2.38 bits per heavy atom. The van der Waals surface area contributed by atoms with Crippen molar-refractivity contribution < 1.29 is 4.74 Å². The normalized spacial score (nSPS) is 19.5. The lowest BCUT2D eigenvalue weighted by Crippen LogP contribution is -2.33. The van der Waals surface area contributed by atoms with Crippen LogP contribution in [0.25, 0.3) is 0 Å². The summed E-state index contributed by atoms with van der Waals surface area (Å²) in [7, 11) is 0. The van der Waals surface area contributed by atoms with Crippen molar-refractivity contribution in [3.05, 3.63) is 0 Å². The number of nitrogens with zero attached hydrogens (tertiary/aromatic N) is 2. The van der Waals surface area contributed by atoms with Crippen molar-refractivity contribution in [2.45, 2.75) is 39.8 Å². The van der Waals surface area contributed by atoms with E-state index in [1.165, 1.54) is 0 Å². The topological polar surface area (TPSA) is 24.8 Å². The molecule has 0 aromatic carbocycles. The van der Waals surface area contributed by atoms with Gasteiger partial charge in [0.1, 0.15) is 6.61 Å². The van der Waals surface area contributed by atoms with Crippen LogP contribution in [0.3, 0.4) is 0 Å². The smallest absolute Gasteiger partial charge is 0.287 e. The zero-order valence-corrected chi connectivity index (χ0v) is 9.60. The van der Waals surface area contributed by atoms with Crippen molar-refractivity contribution in [3.63, 3.8) is 0 Å². The molecule has 0 spiro atoms. The molecule has 0 saturated carbocycles. The van der Waals surface area contributed by atoms with E-state index >= 15 is 0 Å². The highest BCUT2D eigenvalue weighted by molar-refractivity contribution is 5.85. The lowest BCUT2D eigenvalue weighted by atomic mass is 10.3. The van der Waals surface area contributed by atoms with Crippen LogP contribution in [0, 0.1) is 0 Å². The van der Waals surface area contributed by atoms with E-state index in [-0.39, 0.29) is 12.4 Å². The maximum atomic E-state index is 5.41. The molecule has 1 aliphatic rings. The van der Waals surface area contributed by atoms with Crippen LogP contribution < -0.4 is 0 Å². The number of amidine groups is 1. The number of halogens is 1. The molecule has 1 fully saturated rings. The van der Waals surface area contributed by atoms with Gasteiger partial charge >= 0.3 is 0 Å². The van der Waals surface area contributed by atoms with Crippen molar-refractivity contribution in [3.8, 4) is 0 Å². The molecule has 78 valence electrons. The van der Waals surface area contributed by atoms with Crippen LogP contribution in [0.5, 0.6) is 0 Å². The molecule has 1 saturated heterocycles. The van der Waals surface area contributed by atoms with E-state index in [1.807, 2.05) is 0 Å². The minimum atomic E-state index is 0. The van der Waals surface area contributed by atoms with Gasteiger partial charge in [0.05, 0.1) is 6.54 Å². The first-order valence-electron chi connectivity index (χ1n) is 4.58. The Balaban J connectivity index is 0.00000144. The summed E-state index contributed by atoms with van der Waals surface area (Å²) in [6, 6.07) is 1.63. The molecule has 0 aromatic rings. The highest BCUT2D eigenvalue weighted by atomic mass is 35.5. The Bertz CT molecular complexity index is 180. The number of aliphatic imine (C=N–C) groups is 1. The quantitative estimate of drug-likeness (QED) is 0.690. The van der Waals surface area contributed by atoms with Crippen molar-refractivity contribution >= 4 is 18.4 Å². The van der Waals surface area contributed by atoms with Crippen LogP contribution in [0.4, 0.5) is 0 Å². The van der Waals surface area contributed by atoms with Gasteiger partial charge < -0.3 is 9.64 Å². The lowest BCUT2D eigenvalue weighted by molar-refractivity contribution is 0.345. The highest BCUT2D eigenvalue weighted by Crippen LogP contribution is 2.09. The van der Waals surface area contributed by atoms with E-state index in [9.17, 15) is 0 Å². The average Bonchev–Trinajstić information content (AvgIpc) is 2.33. The third-order valence-corrected chi connectivity index (χ3v) is 1.80. The third-order valence-electron chi connectivity index (χ3n) is 1.80. The van der Waals surface area contributed by atoms with Gasteiger partial charge in [-0.3, -0.25) is 0 Å². The fourth-order valence-corrected chi connectivity index (χ4v) is 1.23. The second kappa shape index (κ2) is 5.32. The summed E-state index contributed by atoms with van der Waals surface area (Å²) < 4.78 is 5.41. The fraction of sp³-hybridized carbons (Fsp3) is 0.889. The van der Waals surface area contributed by atoms with E-state index in [0.29, 0.717) is 12.1 Å². The predicted molar refractivity (Wildman–Crippen MR) is 57.6 cm³/mol. The maximum Gasteiger partial charge on any atom is 0.287 e. The van der Waals surface area contributed by atoms with E-state index in [0.717, 1.165) is 19.2 Å². The minimum Gasteiger partial charge on any atom is -0.463 e. The molecule has 1 heterocycles. The lowest BCUT2D eigenvalue weighted by Gasteiger charge is -2.20. The van der Waals surface area contributed by atoms with Crippen molar-refractivity contribution in [2.24, 2.45) is 4.99 Å². The van der Waals surface area contributed by atoms with Gasteiger partial charge in [-0.05, 0) is 27.7 Å². The molecule has 0 atom stereocenters. The van der Waals surface area contributed by atoms with Crippen molar-refractivity contribution in [1.82, 2.24) is 4.90 Å². The molecule has 0 amide bonds. The van der Waals surface area contributed by atoms with Gasteiger partial charge in [0.15, 0.2) is 0 Å². The molecule has 13 heavy (non-hydrogen) atoms. The Morgan fingerprint density at radius 1 is 1.31 bits per heavy atom. The SMILES string of the molecule is CC(C)N=C1OCCN1C(C)C.Cl. The summed E-state index contributed by atoms with van der Waals surface area (Å²) in [5.74, 6) is 0. The molecule has 0 unspecified atom stereocenters. The Labute approximate surface area is 86.6 Å². The van der Waals surface area contributed by atoms with Crippen LogP contribution in [0.15, 0.2) is 4.99 Å². The van der Waals surface area contributed by atoms with Gasteiger partial charge in [-0.2, -0.15) is 0 Å². The molecule has 0 N–H and O–H groups in total. The van der Waals surface area contributed by atoms with E-state index < -0.39 is 0 Å². The molecular weight excluding hydrogens is 188 g/mol. The highest BCUT2D eigenvalue weighted by Gasteiger charge is 2.22. The molecule has 3 nitrogen and oxygen atoms in total. The number of hydrogen-bond donors (Lipinski definition) is 0. The number of ether oxygens (including phenoxy) is 1. The molecule has 4 heteroatoms. The van der Waals surface area contributed by atoms with Gasteiger partial charge in [0, 0.05) is 12.1 Å². The van der Waals surface area contributed by atoms with E-state index in [1.54, 1.807) is 0 Å². The third kappa shape index (κ3) is 3.43. The zero-order chi connectivity index (χ0) is 9.14. The summed E-state index contributed by atoms with van der Waals surface area (Å²) in [6.45, 7) is 10.2. The van der Waals surface area contributed by atoms with Crippen molar-refractivity contribution in [2.75, 3.05) is 13.2 Å². The summed E-state index contributed by atoms with van der Waals surface area (Å²) in [6.07, 6.45) is 0. The van der Waals surface area contributed by atoms with Crippen molar-refractivity contribution in [1.29, 1.82) is 0 Å². The molecule has 0 bridgehead atoms. The second-order valence-corrected chi connectivity index (χ2v) is 3.64. The summed E-state index contributed by atoms with van der Waals surface area (Å²) in [4.78, 5) is 6.59. The van der Waals surface area contributed by atoms with E-state index in [4.69, 9.17) is 4.74 Å². The maximum absolute atomic E-state index is 5.41.